The molecule has 0 aromatic heterocycles. The highest BCUT2D eigenvalue weighted by Gasteiger charge is 2.29. The maximum Gasteiger partial charge on any atom is 0.239 e. The highest BCUT2D eigenvalue weighted by molar-refractivity contribution is 5.80. The summed E-state index contributed by atoms with van der Waals surface area (Å²) in [5, 5.41) is 0. The van der Waals surface area contributed by atoms with E-state index in [4.69, 9.17) is 5.73 Å². The quantitative estimate of drug-likeness (QED) is 0.722. The maximum atomic E-state index is 11.8. The third-order valence-corrected chi connectivity index (χ3v) is 3.24. The first-order valence-electron chi connectivity index (χ1n) is 5.71. The van der Waals surface area contributed by atoms with Gasteiger partial charge in [0.2, 0.25) is 5.91 Å². The van der Waals surface area contributed by atoms with Crippen molar-refractivity contribution in [1.29, 1.82) is 0 Å². The molecule has 1 aliphatic rings. The molecule has 1 amide bonds. The van der Waals surface area contributed by atoms with Crippen molar-refractivity contribution in [1.82, 2.24) is 9.80 Å². The van der Waals surface area contributed by atoms with E-state index in [1.165, 1.54) is 6.42 Å². The van der Waals surface area contributed by atoms with Crippen LogP contribution in [-0.2, 0) is 4.79 Å². The summed E-state index contributed by atoms with van der Waals surface area (Å²) in [7, 11) is 3.62. The van der Waals surface area contributed by atoms with Crippen LogP contribution < -0.4 is 5.73 Å². The first-order chi connectivity index (χ1) is 7.06. The van der Waals surface area contributed by atoms with Crippen molar-refractivity contribution in [3.63, 3.8) is 0 Å². The fourth-order valence-electron chi connectivity index (χ4n) is 2.22. The van der Waals surface area contributed by atoms with Gasteiger partial charge in [-0.1, -0.05) is 0 Å². The number of hydrogen-bond acceptors (Lipinski definition) is 3. The van der Waals surface area contributed by atoms with Crippen LogP contribution in [0.4, 0.5) is 0 Å². The average molecular weight is 213 g/mol. The van der Waals surface area contributed by atoms with Crippen LogP contribution in [0.25, 0.3) is 0 Å². The molecule has 4 heteroatoms. The molecule has 2 unspecified atom stereocenters. The molecule has 15 heavy (non-hydrogen) atoms. The van der Waals surface area contributed by atoms with Gasteiger partial charge in [0.25, 0.3) is 0 Å². The van der Waals surface area contributed by atoms with Gasteiger partial charge in [-0.3, -0.25) is 9.69 Å². The molecule has 1 aliphatic heterocycles. The summed E-state index contributed by atoms with van der Waals surface area (Å²) >= 11 is 0. The predicted molar refractivity (Wildman–Crippen MR) is 61.5 cm³/mol. The van der Waals surface area contributed by atoms with E-state index in [0.717, 1.165) is 26.1 Å². The fourth-order valence-corrected chi connectivity index (χ4v) is 2.22. The largest absolute Gasteiger partial charge is 0.347 e. The SMILES string of the molecule is CC(C(=O)N(C)C)N1CCC(CCN)C1. The molecule has 1 fully saturated rings. The highest BCUT2D eigenvalue weighted by atomic mass is 16.2. The normalized spacial score (nSPS) is 24.1. The second kappa shape index (κ2) is 5.47. The van der Waals surface area contributed by atoms with Crippen LogP contribution >= 0.6 is 0 Å². The molecule has 0 aromatic carbocycles. The molecular weight excluding hydrogens is 190 g/mol. The van der Waals surface area contributed by atoms with Gasteiger partial charge in [0.15, 0.2) is 0 Å². The minimum absolute atomic E-state index is 0.0165. The van der Waals surface area contributed by atoms with Crippen molar-refractivity contribution in [2.45, 2.75) is 25.8 Å². The summed E-state index contributed by atoms with van der Waals surface area (Å²) in [5.41, 5.74) is 5.54. The zero-order valence-electron chi connectivity index (χ0n) is 10.1. The molecule has 0 bridgehead atoms. The van der Waals surface area contributed by atoms with Gasteiger partial charge in [-0.2, -0.15) is 0 Å². The van der Waals surface area contributed by atoms with Gasteiger partial charge in [-0.25, -0.2) is 0 Å². The summed E-state index contributed by atoms with van der Waals surface area (Å²) in [6.45, 7) is 4.81. The van der Waals surface area contributed by atoms with Gasteiger partial charge in [0, 0.05) is 20.6 Å². The minimum atomic E-state index is 0.0165. The summed E-state index contributed by atoms with van der Waals surface area (Å²) in [6.07, 6.45) is 2.27. The van der Waals surface area contributed by atoms with E-state index in [0.29, 0.717) is 5.92 Å². The molecule has 1 heterocycles. The van der Waals surface area contributed by atoms with Gasteiger partial charge in [0.05, 0.1) is 6.04 Å². The van der Waals surface area contributed by atoms with Gasteiger partial charge < -0.3 is 10.6 Å². The molecule has 0 spiro atoms. The van der Waals surface area contributed by atoms with Crippen LogP contribution in [0, 0.1) is 5.92 Å². The number of rotatable bonds is 4. The molecular formula is C11H23N3O. The average Bonchev–Trinajstić information content (AvgIpc) is 2.64. The second-order valence-electron chi connectivity index (χ2n) is 4.64. The van der Waals surface area contributed by atoms with Crippen LogP contribution in [0.1, 0.15) is 19.8 Å². The molecule has 4 nitrogen and oxygen atoms in total. The van der Waals surface area contributed by atoms with Crippen LogP contribution in [0.5, 0.6) is 0 Å². The van der Waals surface area contributed by atoms with E-state index < -0.39 is 0 Å². The van der Waals surface area contributed by atoms with E-state index in [-0.39, 0.29) is 11.9 Å². The van der Waals surface area contributed by atoms with Gasteiger partial charge in [0.1, 0.15) is 0 Å². The van der Waals surface area contributed by atoms with E-state index >= 15 is 0 Å². The standard InChI is InChI=1S/C11H23N3O/c1-9(11(15)13(2)3)14-7-5-10(8-14)4-6-12/h9-10H,4-8,12H2,1-3H3. The Bertz CT molecular complexity index is 218. The van der Waals surface area contributed by atoms with E-state index in [9.17, 15) is 4.79 Å². The molecule has 0 aliphatic carbocycles. The molecule has 2 N–H and O–H groups in total. The molecule has 0 radical (unpaired) electrons. The van der Waals surface area contributed by atoms with E-state index in [1.807, 2.05) is 21.0 Å². The van der Waals surface area contributed by atoms with Crippen LogP contribution in [0.15, 0.2) is 0 Å². The monoisotopic (exact) mass is 213 g/mol. The number of nitrogens with zero attached hydrogens (tertiary/aromatic N) is 2. The molecule has 1 saturated heterocycles. The lowest BCUT2D eigenvalue weighted by Gasteiger charge is -2.26. The summed E-state index contributed by atoms with van der Waals surface area (Å²) < 4.78 is 0. The van der Waals surface area contributed by atoms with Gasteiger partial charge >= 0.3 is 0 Å². The molecule has 0 aromatic rings. The fraction of sp³-hybridized carbons (Fsp3) is 0.909. The Hall–Kier alpha value is -0.610. The van der Waals surface area contributed by atoms with E-state index in [2.05, 4.69) is 4.90 Å². The van der Waals surface area contributed by atoms with Crippen LogP contribution in [-0.4, -0.2) is 55.5 Å². The number of carbonyl (C=O) groups excluding carboxylic acids is 1. The first-order valence-corrected chi connectivity index (χ1v) is 5.71. The van der Waals surface area contributed by atoms with Gasteiger partial charge in [-0.05, 0) is 38.8 Å². The lowest BCUT2D eigenvalue weighted by Crippen LogP contribution is -2.43. The zero-order valence-corrected chi connectivity index (χ0v) is 10.1. The topological polar surface area (TPSA) is 49.6 Å². The zero-order chi connectivity index (χ0) is 11.4. The molecule has 0 saturated carbocycles. The Morgan fingerprint density at radius 3 is 2.80 bits per heavy atom. The molecule has 88 valence electrons. The Kier molecular flexibility index (Phi) is 4.54. The van der Waals surface area contributed by atoms with E-state index in [1.54, 1.807) is 4.90 Å². The Morgan fingerprint density at radius 2 is 2.27 bits per heavy atom. The summed E-state index contributed by atoms with van der Waals surface area (Å²) in [6, 6.07) is 0.0165. The number of hydrogen-bond donors (Lipinski definition) is 1. The Morgan fingerprint density at radius 1 is 1.60 bits per heavy atom. The van der Waals surface area contributed by atoms with Crippen molar-refractivity contribution < 1.29 is 4.79 Å². The van der Waals surface area contributed by atoms with Crippen molar-refractivity contribution in [2.24, 2.45) is 11.7 Å². The number of likely N-dealkylation sites (N-methyl/N-ethyl adjacent to an activating group) is 1. The third kappa shape index (κ3) is 3.18. The lowest BCUT2D eigenvalue weighted by molar-refractivity contribution is -0.133. The highest BCUT2D eigenvalue weighted by Crippen LogP contribution is 2.21. The lowest BCUT2D eigenvalue weighted by atomic mass is 10.1. The second-order valence-corrected chi connectivity index (χ2v) is 4.64. The summed E-state index contributed by atoms with van der Waals surface area (Å²) in [5.74, 6) is 0.885. The molecule has 1 rings (SSSR count). The van der Waals surface area contributed by atoms with Crippen molar-refractivity contribution in [3.05, 3.63) is 0 Å². The number of likely N-dealkylation sites (tertiary alicyclic amines) is 1. The summed E-state index contributed by atoms with van der Waals surface area (Å²) in [4.78, 5) is 15.7. The van der Waals surface area contributed by atoms with Crippen molar-refractivity contribution in [3.8, 4) is 0 Å². The number of carbonyl (C=O) groups is 1. The van der Waals surface area contributed by atoms with Crippen molar-refractivity contribution >= 4 is 5.91 Å². The van der Waals surface area contributed by atoms with Gasteiger partial charge in [-0.15, -0.1) is 0 Å². The number of nitrogens with two attached hydrogens (primary N) is 1. The van der Waals surface area contributed by atoms with Crippen molar-refractivity contribution in [2.75, 3.05) is 33.7 Å². The smallest absolute Gasteiger partial charge is 0.239 e. The Balaban J connectivity index is 2.42. The first kappa shape index (κ1) is 12.5. The predicted octanol–water partition coefficient (Wildman–Crippen LogP) is 0.134. The molecule has 2 atom stereocenters. The minimum Gasteiger partial charge on any atom is -0.347 e. The number of amides is 1. The van der Waals surface area contributed by atoms with Crippen LogP contribution in [0.3, 0.4) is 0 Å². The Labute approximate surface area is 92.4 Å². The van der Waals surface area contributed by atoms with Crippen LogP contribution in [0.2, 0.25) is 0 Å². The third-order valence-electron chi connectivity index (χ3n) is 3.24. The maximum absolute atomic E-state index is 11.8.